The Balaban J connectivity index is 0.000000225. The smallest absolute Gasteiger partial charge is 0.0463 e. The van der Waals surface area contributed by atoms with Crippen molar-refractivity contribution in [1.82, 2.24) is 0 Å². The number of hydrogen-bond donors (Lipinski definition) is 0. The van der Waals surface area contributed by atoms with Gasteiger partial charge in [-0.15, -0.1) is 0 Å². The molecule has 4 rings (SSSR count). The van der Waals surface area contributed by atoms with Crippen LogP contribution in [0, 0.1) is 0 Å². The van der Waals surface area contributed by atoms with E-state index in [0.29, 0.717) is 0 Å². The molecule has 0 saturated heterocycles. The molecule has 0 fully saturated rings. The molecule has 0 saturated carbocycles. The third kappa shape index (κ3) is 4.22. The van der Waals surface area contributed by atoms with E-state index in [0.717, 1.165) is 26.1 Å². The molecule has 0 unspecified atom stereocenters. The molecule has 25 heavy (non-hydrogen) atoms. The fourth-order valence-electron chi connectivity index (χ4n) is 3.73. The quantitative estimate of drug-likeness (QED) is 0.381. The topological polar surface area (TPSA) is 9.23 Å². The van der Waals surface area contributed by atoms with E-state index in [1.54, 1.807) is 11.1 Å². The van der Waals surface area contributed by atoms with Crippen molar-refractivity contribution in [2.45, 2.75) is 52.4 Å². The second-order valence-electron chi connectivity index (χ2n) is 6.90. The fraction of sp³-hybridized carbons (Fsp3) is 0.417. The maximum absolute atomic E-state index is 5.13. The van der Waals surface area contributed by atoms with Crippen LogP contribution in [0.15, 0.2) is 48.5 Å². The van der Waals surface area contributed by atoms with Crippen molar-refractivity contribution in [3.05, 3.63) is 59.7 Å². The second-order valence-corrected chi connectivity index (χ2v) is 6.90. The van der Waals surface area contributed by atoms with Gasteiger partial charge in [0.2, 0.25) is 0 Å². The third-order valence-corrected chi connectivity index (χ3v) is 4.95. The average molecular weight is 335 g/mol. The Hall–Kier alpha value is -1.86. The van der Waals surface area contributed by atoms with Crippen LogP contribution in [0.25, 0.3) is 21.5 Å². The van der Waals surface area contributed by atoms with Crippen molar-refractivity contribution in [1.29, 1.82) is 0 Å². The molecule has 0 radical (unpaired) electrons. The molecular formula is C24H30O. The zero-order valence-electron chi connectivity index (χ0n) is 15.7. The second kappa shape index (κ2) is 9.01. The van der Waals surface area contributed by atoms with E-state index < -0.39 is 0 Å². The van der Waals surface area contributed by atoms with Crippen LogP contribution in [0.5, 0.6) is 0 Å². The molecule has 0 amide bonds. The van der Waals surface area contributed by atoms with Crippen LogP contribution < -0.4 is 0 Å². The Labute approximate surface area is 152 Å². The summed E-state index contributed by atoms with van der Waals surface area (Å²) in [6.45, 7) is 6.09. The minimum Gasteiger partial charge on any atom is -0.381 e. The minimum absolute atomic E-state index is 0.924. The molecule has 0 heterocycles. The van der Waals surface area contributed by atoms with Crippen LogP contribution in [0.3, 0.4) is 0 Å². The van der Waals surface area contributed by atoms with Crippen LogP contribution in [0.1, 0.15) is 50.7 Å². The SMILES string of the molecule is CCCOCCC.c1ccc2c(c1)ccc1c3c(ccc12)CCCC3. The number of fused-ring (bicyclic) bond motifs is 5. The Kier molecular flexibility index (Phi) is 6.47. The molecule has 0 aromatic heterocycles. The summed E-state index contributed by atoms with van der Waals surface area (Å²) in [4.78, 5) is 0. The van der Waals surface area contributed by atoms with Gasteiger partial charge in [0, 0.05) is 13.2 Å². The molecule has 132 valence electrons. The van der Waals surface area contributed by atoms with Crippen molar-refractivity contribution in [3.63, 3.8) is 0 Å². The fourth-order valence-corrected chi connectivity index (χ4v) is 3.73. The van der Waals surface area contributed by atoms with Crippen molar-refractivity contribution < 1.29 is 4.74 Å². The number of ether oxygens (including phenoxy) is 1. The highest BCUT2D eigenvalue weighted by Crippen LogP contribution is 2.33. The highest BCUT2D eigenvalue weighted by atomic mass is 16.5. The summed E-state index contributed by atoms with van der Waals surface area (Å²) < 4.78 is 5.13. The van der Waals surface area contributed by atoms with Gasteiger partial charge in [-0.1, -0.05) is 62.4 Å². The largest absolute Gasteiger partial charge is 0.381 e. The highest BCUT2D eigenvalue weighted by Gasteiger charge is 2.13. The molecule has 3 aromatic carbocycles. The van der Waals surface area contributed by atoms with Gasteiger partial charge >= 0.3 is 0 Å². The summed E-state index contributed by atoms with van der Waals surface area (Å²) >= 11 is 0. The highest BCUT2D eigenvalue weighted by molar-refractivity contribution is 6.08. The maximum atomic E-state index is 5.13. The van der Waals surface area contributed by atoms with Crippen molar-refractivity contribution >= 4 is 21.5 Å². The van der Waals surface area contributed by atoms with Crippen molar-refractivity contribution in [3.8, 4) is 0 Å². The molecule has 1 heteroatoms. The van der Waals surface area contributed by atoms with Gasteiger partial charge < -0.3 is 4.74 Å². The van der Waals surface area contributed by atoms with E-state index in [1.165, 1.54) is 47.2 Å². The molecular weight excluding hydrogens is 304 g/mol. The summed E-state index contributed by atoms with van der Waals surface area (Å²) in [5.41, 5.74) is 3.17. The zero-order chi connectivity index (χ0) is 17.5. The molecule has 1 aliphatic carbocycles. The molecule has 1 nitrogen and oxygen atoms in total. The van der Waals surface area contributed by atoms with Gasteiger partial charge in [0.25, 0.3) is 0 Å². The molecule has 3 aromatic rings. The van der Waals surface area contributed by atoms with E-state index in [1.807, 2.05) is 0 Å². The lowest BCUT2D eigenvalue weighted by atomic mass is 9.86. The predicted octanol–water partition coefficient (Wildman–Crippen LogP) is 6.69. The van der Waals surface area contributed by atoms with Gasteiger partial charge in [0.05, 0.1) is 0 Å². The molecule has 1 aliphatic rings. The van der Waals surface area contributed by atoms with Crippen LogP contribution >= 0.6 is 0 Å². The Morgan fingerprint density at radius 3 is 2.24 bits per heavy atom. The van der Waals surface area contributed by atoms with Crippen LogP contribution in [0.4, 0.5) is 0 Å². The van der Waals surface area contributed by atoms with E-state index in [2.05, 4.69) is 62.4 Å². The molecule has 0 atom stereocenters. The van der Waals surface area contributed by atoms with Gasteiger partial charge in [-0.25, -0.2) is 0 Å². The molecule has 0 N–H and O–H groups in total. The summed E-state index contributed by atoms with van der Waals surface area (Å²) in [7, 11) is 0. The molecule has 0 bridgehead atoms. The Morgan fingerprint density at radius 1 is 0.720 bits per heavy atom. The normalized spacial score (nSPS) is 13.4. The zero-order valence-corrected chi connectivity index (χ0v) is 15.7. The average Bonchev–Trinajstić information content (AvgIpc) is 2.68. The van der Waals surface area contributed by atoms with Gasteiger partial charge in [-0.2, -0.15) is 0 Å². The third-order valence-electron chi connectivity index (χ3n) is 4.95. The van der Waals surface area contributed by atoms with Crippen LogP contribution in [-0.2, 0) is 17.6 Å². The van der Waals surface area contributed by atoms with Gasteiger partial charge in [-0.05, 0) is 71.2 Å². The van der Waals surface area contributed by atoms with E-state index in [4.69, 9.17) is 4.74 Å². The van der Waals surface area contributed by atoms with E-state index in [-0.39, 0.29) is 0 Å². The number of rotatable bonds is 4. The summed E-state index contributed by atoms with van der Waals surface area (Å²) in [6, 6.07) is 18.0. The number of benzene rings is 3. The first-order valence-corrected chi connectivity index (χ1v) is 9.85. The van der Waals surface area contributed by atoms with Crippen LogP contribution in [0.2, 0.25) is 0 Å². The van der Waals surface area contributed by atoms with Crippen LogP contribution in [-0.4, -0.2) is 13.2 Å². The van der Waals surface area contributed by atoms with Gasteiger partial charge in [0.1, 0.15) is 0 Å². The first-order valence-electron chi connectivity index (χ1n) is 9.85. The lowest BCUT2D eigenvalue weighted by Gasteiger charge is -2.18. The molecule has 0 aliphatic heterocycles. The predicted molar refractivity (Wildman–Crippen MR) is 109 cm³/mol. The summed E-state index contributed by atoms with van der Waals surface area (Å²) in [6.07, 6.45) is 7.49. The van der Waals surface area contributed by atoms with Gasteiger partial charge in [-0.3, -0.25) is 0 Å². The minimum atomic E-state index is 0.924. The monoisotopic (exact) mass is 334 g/mol. The lowest BCUT2D eigenvalue weighted by Crippen LogP contribution is -2.02. The lowest BCUT2D eigenvalue weighted by molar-refractivity contribution is 0.135. The molecule has 0 spiro atoms. The summed E-state index contributed by atoms with van der Waals surface area (Å²) in [5, 5.41) is 5.64. The van der Waals surface area contributed by atoms with Crippen molar-refractivity contribution in [2.24, 2.45) is 0 Å². The first-order chi connectivity index (χ1) is 12.3. The van der Waals surface area contributed by atoms with Crippen molar-refractivity contribution in [2.75, 3.05) is 13.2 Å². The first kappa shape index (κ1) is 17.9. The number of aryl methyl sites for hydroxylation is 2. The Bertz CT molecular complexity index is 815. The van der Waals surface area contributed by atoms with Gasteiger partial charge in [0.15, 0.2) is 0 Å². The summed E-state index contributed by atoms with van der Waals surface area (Å²) in [5.74, 6) is 0. The van der Waals surface area contributed by atoms with E-state index in [9.17, 15) is 0 Å². The Morgan fingerprint density at radius 2 is 1.44 bits per heavy atom. The van der Waals surface area contributed by atoms with E-state index >= 15 is 0 Å². The number of hydrogen-bond acceptors (Lipinski definition) is 1. The maximum Gasteiger partial charge on any atom is 0.0463 e. The standard InChI is InChI=1S/C18H16.C6H14O/c1-3-7-15-13(5-1)9-11-18-16-8-4-2-6-14(16)10-12-17(15)18;1-3-5-7-6-4-2/h1,3,5,7,9-12H,2,4,6,8H2;3-6H2,1-2H3.